The number of nitrogens with two attached hydrogens (primary N) is 1. The number of benzene rings is 1. The Kier molecular flexibility index (Phi) is 2.25. The number of hydrazine groups is 1. The summed E-state index contributed by atoms with van der Waals surface area (Å²) in [6.45, 7) is 0. The molecule has 1 heterocycles. The maximum Gasteiger partial charge on any atom is 0.333 e. The predicted octanol–water partition coefficient (Wildman–Crippen LogP) is 0.687. The van der Waals surface area contributed by atoms with Crippen LogP contribution in [0.15, 0.2) is 18.2 Å². The van der Waals surface area contributed by atoms with Crippen molar-refractivity contribution in [2.24, 2.45) is 5.84 Å². The van der Waals surface area contributed by atoms with E-state index in [-0.39, 0.29) is 0 Å². The lowest BCUT2D eigenvalue weighted by Gasteiger charge is -2.02. The van der Waals surface area contributed by atoms with Gasteiger partial charge in [0.05, 0.1) is 11.7 Å². The molecule has 1 aromatic heterocycles. The Balaban J connectivity index is 2.30. The van der Waals surface area contributed by atoms with E-state index < -0.39 is 6.03 Å². The van der Waals surface area contributed by atoms with Crippen molar-refractivity contribution in [3.63, 3.8) is 0 Å². The molecule has 0 aliphatic rings. The van der Waals surface area contributed by atoms with Gasteiger partial charge in [-0.15, -0.1) is 0 Å². The van der Waals surface area contributed by atoms with E-state index in [2.05, 4.69) is 14.1 Å². The minimum absolute atomic E-state index is 0.465. The fourth-order valence-electron chi connectivity index (χ4n) is 1.03. The SMILES string of the molecule is NNC(=O)Nc1ccc2nsnc2c1. The van der Waals surface area contributed by atoms with Gasteiger partial charge >= 0.3 is 6.03 Å². The quantitative estimate of drug-likeness (QED) is 0.366. The minimum atomic E-state index is -0.465. The van der Waals surface area contributed by atoms with Crippen LogP contribution in [-0.2, 0) is 0 Å². The number of rotatable bonds is 1. The largest absolute Gasteiger partial charge is 0.333 e. The average Bonchev–Trinajstić information content (AvgIpc) is 2.64. The zero-order valence-electron chi connectivity index (χ0n) is 7.02. The lowest BCUT2D eigenvalue weighted by Crippen LogP contribution is -2.34. The van der Waals surface area contributed by atoms with Crippen LogP contribution in [0, 0.1) is 0 Å². The molecule has 0 bridgehead atoms. The monoisotopic (exact) mass is 209 g/mol. The van der Waals surface area contributed by atoms with Crippen LogP contribution < -0.4 is 16.6 Å². The molecule has 0 radical (unpaired) electrons. The standard InChI is InChI=1S/C7H7N5OS/c8-10-7(13)9-4-1-2-5-6(3-4)12-14-11-5/h1-3H,8H2,(H2,9,10,13). The smallest absolute Gasteiger partial charge is 0.307 e. The van der Waals surface area contributed by atoms with Crippen molar-refractivity contribution in [2.75, 3.05) is 5.32 Å². The highest BCUT2D eigenvalue weighted by molar-refractivity contribution is 7.00. The summed E-state index contributed by atoms with van der Waals surface area (Å²) >= 11 is 1.13. The van der Waals surface area contributed by atoms with E-state index in [0.29, 0.717) is 5.69 Å². The maximum atomic E-state index is 10.9. The minimum Gasteiger partial charge on any atom is -0.307 e. The van der Waals surface area contributed by atoms with Crippen LogP contribution in [0.4, 0.5) is 10.5 Å². The molecule has 0 aliphatic heterocycles. The van der Waals surface area contributed by atoms with E-state index >= 15 is 0 Å². The predicted molar refractivity (Wildman–Crippen MR) is 53.8 cm³/mol. The number of carbonyl (C=O) groups excluding carboxylic acids is 1. The molecule has 14 heavy (non-hydrogen) atoms. The normalized spacial score (nSPS) is 10.1. The molecule has 0 fully saturated rings. The molecule has 4 N–H and O–H groups in total. The molecule has 2 rings (SSSR count). The molecular weight excluding hydrogens is 202 g/mol. The van der Waals surface area contributed by atoms with Crippen LogP contribution in [0.1, 0.15) is 0 Å². The number of aromatic nitrogens is 2. The summed E-state index contributed by atoms with van der Waals surface area (Å²) in [5, 5.41) is 2.54. The summed E-state index contributed by atoms with van der Waals surface area (Å²) in [4.78, 5) is 10.9. The number of carbonyl (C=O) groups is 1. The van der Waals surface area contributed by atoms with Gasteiger partial charge in [-0.05, 0) is 18.2 Å². The van der Waals surface area contributed by atoms with Crippen molar-refractivity contribution in [1.82, 2.24) is 14.2 Å². The van der Waals surface area contributed by atoms with Crippen molar-refractivity contribution in [2.45, 2.75) is 0 Å². The van der Waals surface area contributed by atoms with Gasteiger partial charge in [-0.1, -0.05) is 0 Å². The molecule has 72 valence electrons. The lowest BCUT2D eigenvalue weighted by atomic mass is 10.3. The van der Waals surface area contributed by atoms with Crippen molar-refractivity contribution < 1.29 is 4.79 Å². The van der Waals surface area contributed by atoms with Gasteiger partial charge in [0.1, 0.15) is 11.0 Å². The van der Waals surface area contributed by atoms with Crippen LogP contribution in [0.5, 0.6) is 0 Å². The molecule has 2 aromatic rings. The van der Waals surface area contributed by atoms with Crippen molar-refractivity contribution in [1.29, 1.82) is 0 Å². The summed E-state index contributed by atoms with van der Waals surface area (Å²) in [6.07, 6.45) is 0. The van der Waals surface area contributed by atoms with Crippen molar-refractivity contribution in [3.8, 4) is 0 Å². The zero-order valence-corrected chi connectivity index (χ0v) is 7.84. The molecule has 0 saturated carbocycles. The highest BCUT2D eigenvalue weighted by atomic mass is 32.1. The second-order valence-electron chi connectivity index (χ2n) is 2.57. The zero-order chi connectivity index (χ0) is 9.97. The van der Waals surface area contributed by atoms with Crippen molar-refractivity contribution >= 4 is 34.5 Å². The summed E-state index contributed by atoms with van der Waals surface area (Å²) < 4.78 is 8.08. The molecule has 6 nitrogen and oxygen atoms in total. The van der Waals surface area contributed by atoms with E-state index in [0.717, 1.165) is 22.8 Å². The fraction of sp³-hybridized carbons (Fsp3) is 0. The van der Waals surface area contributed by atoms with Crippen LogP contribution in [0.2, 0.25) is 0 Å². The van der Waals surface area contributed by atoms with Crippen LogP contribution in [0.3, 0.4) is 0 Å². The second-order valence-corrected chi connectivity index (χ2v) is 3.09. The Morgan fingerprint density at radius 3 is 2.93 bits per heavy atom. The Morgan fingerprint density at radius 2 is 2.14 bits per heavy atom. The van der Waals surface area contributed by atoms with E-state index in [4.69, 9.17) is 5.84 Å². The Labute approximate surface area is 83.4 Å². The van der Waals surface area contributed by atoms with Crippen LogP contribution >= 0.6 is 11.7 Å². The molecule has 0 spiro atoms. The maximum absolute atomic E-state index is 10.9. The number of nitrogens with one attached hydrogen (secondary N) is 2. The number of anilines is 1. The molecule has 0 atom stereocenters. The number of hydrogen-bond acceptors (Lipinski definition) is 5. The first-order valence-electron chi connectivity index (χ1n) is 3.79. The van der Waals surface area contributed by atoms with Gasteiger partial charge in [-0.3, -0.25) is 5.43 Å². The first-order chi connectivity index (χ1) is 6.79. The van der Waals surface area contributed by atoms with E-state index in [1.54, 1.807) is 18.2 Å². The van der Waals surface area contributed by atoms with Gasteiger partial charge in [-0.25, -0.2) is 10.6 Å². The summed E-state index contributed by atoms with van der Waals surface area (Å²) in [6, 6.07) is 4.78. The number of hydrogen-bond donors (Lipinski definition) is 3. The Hall–Kier alpha value is -1.73. The third-order valence-corrected chi connectivity index (χ3v) is 2.20. The van der Waals surface area contributed by atoms with E-state index in [9.17, 15) is 4.79 Å². The lowest BCUT2D eigenvalue weighted by molar-refractivity contribution is 0.252. The van der Waals surface area contributed by atoms with Gasteiger partial charge in [0.2, 0.25) is 0 Å². The van der Waals surface area contributed by atoms with E-state index in [1.165, 1.54) is 0 Å². The Morgan fingerprint density at radius 1 is 1.36 bits per heavy atom. The van der Waals surface area contributed by atoms with Crippen LogP contribution in [0.25, 0.3) is 11.0 Å². The Bertz CT molecular complexity index is 468. The van der Waals surface area contributed by atoms with Gasteiger partial charge < -0.3 is 5.32 Å². The van der Waals surface area contributed by atoms with Gasteiger partial charge in [0, 0.05) is 5.69 Å². The molecule has 0 aliphatic carbocycles. The molecule has 2 amide bonds. The average molecular weight is 209 g/mol. The summed E-state index contributed by atoms with van der Waals surface area (Å²) in [5.74, 6) is 4.92. The van der Waals surface area contributed by atoms with E-state index in [1.807, 2.05) is 5.43 Å². The van der Waals surface area contributed by atoms with Crippen LogP contribution in [-0.4, -0.2) is 14.8 Å². The molecule has 1 aromatic carbocycles. The highest BCUT2D eigenvalue weighted by Gasteiger charge is 2.02. The molecule has 0 saturated heterocycles. The first-order valence-corrected chi connectivity index (χ1v) is 4.52. The third kappa shape index (κ3) is 1.63. The first kappa shape index (κ1) is 8.85. The topological polar surface area (TPSA) is 92.9 Å². The number of nitrogens with zero attached hydrogens (tertiary/aromatic N) is 2. The molecule has 0 unspecified atom stereocenters. The van der Waals surface area contributed by atoms with Gasteiger partial charge in [0.15, 0.2) is 0 Å². The highest BCUT2D eigenvalue weighted by Crippen LogP contribution is 2.16. The number of fused-ring (bicyclic) bond motifs is 1. The number of amides is 2. The van der Waals surface area contributed by atoms with Gasteiger partial charge in [0.25, 0.3) is 0 Å². The number of urea groups is 1. The summed E-state index contributed by atoms with van der Waals surface area (Å²) in [5.41, 5.74) is 4.17. The molecule has 7 heteroatoms. The third-order valence-electron chi connectivity index (χ3n) is 1.64. The molecular formula is C7H7N5OS. The second kappa shape index (κ2) is 3.56. The van der Waals surface area contributed by atoms with Gasteiger partial charge in [-0.2, -0.15) is 8.75 Å². The van der Waals surface area contributed by atoms with Crippen molar-refractivity contribution in [3.05, 3.63) is 18.2 Å². The summed E-state index contributed by atoms with van der Waals surface area (Å²) in [7, 11) is 0. The fourth-order valence-corrected chi connectivity index (χ4v) is 1.54.